The van der Waals surface area contributed by atoms with Crippen LogP contribution in [0.15, 0.2) is 0 Å². The Morgan fingerprint density at radius 2 is 2.07 bits per heavy atom. The van der Waals surface area contributed by atoms with Gasteiger partial charge in [-0.15, -0.1) is 0 Å². The van der Waals surface area contributed by atoms with Crippen molar-refractivity contribution in [2.45, 2.75) is 37.8 Å². The molecule has 14 heavy (non-hydrogen) atoms. The van der Waals surface area contributed by atoms with Crippen LogP contribution in [-0.4, -0.2) is 39.0 Å². The maximum Gasteiger partial charge on any atom is 0.104 e. The van der Waals surface area contributed by atoms with Crippen LogP contribution in [0.2, 0.25) is 0 Å². The van der Waals surface area contributed by atoms with Gasteiger partial charge in [-0.2, -0.15) is 0 Å². The second kappa shape index (κ2) is 5.10. The molecule has 2 fully saturated rings. The van der Waals surface area contributed by atoms with Crippen molar-refractivity contribution in [3.05, 3.63) is 0 Å². The molecule has 1 aliphatic carbocycles. The molecule has 1 N–H and O–H groups in total. The zero-order valence-corrected chi connectivity index (χ0v) is 9.00. The highest BCUT2D eigenvalue weighted by Gasteiger charge is 2.26. The van der Waals surface area contributed by atoms with Crippen molar-refractivity contribution < 1.29 is 9.47 Å². The van der Waals surface area contributed by atoms with E-state index in [0.29, 0.717) is 12.1 Å². The van der Waals surface area contributed by atoms with Crippen LogP contribution in [0.3, 0.4) is 0 Å². The summed E-state index contributed by atoms with van der Waals surface area (Å²) in [6, 6.07) is 0.554. The van der Waals surface area contributed by atoms with E-state index < -0.39 is 0 Å². The van der Waals surface area contributed by atoms with Gasteiger partial charge in [0.05, 0.1) is 19.8 Å². The Balaban J connectivity index is 1.68. The summed E-state index contributed by atoms with van der Waals surface area (Å²) in [7, 11) is 2.05. The molecule has 0 aromatic heterocycles. The first kappa shape index (κ1) is 10.4. The molecule has 82 valence electrons. The Morgan fingerprint density at radius 3 is 2.57 bits per heavy atom. The van der Waals surface area contributed by atoms with Crippen molar-refractivity contribution >= 4 is 0 Å². The summed E-state index contributed by atoms with van der Waals surface area (Å²) in [5, 5.41) is 3.38. The highest BCUT2D eigenvalue weighted by molar-refractivity contribution is 4.80. The topological polar surface area (TPSA) is 30.5 Å². The lowest BCUT2D eigenvalue weighted by molar-refractivity contribution is -0.134. The number of likely N-dealkylation sites (N-methyl/N-ethyl adjacent to an activating group) is 1. The van der Waals surface area contributed by atoms with Gasteiger partial charge in [-0.1, -0.05) is 12.8 Å². The Hall–Kier alpha value is -0.120. The van der Waals surface area contributed by atoms with Crippen molar-refractivity contribution in [1.82, 2.24) is 5.32 Å². The van der Waals surface area contributed by atoms with Gasteiger partial charge in [-0.05, 0) is 25.8 Å². The standard InChI is InChI=1S/C11H21NO2/c1-12-11(9-4-2-3-5-9)8-14-10-6-13-7-10/h9-12H,2-8H2,1H3. The smallest absolute Gasteiger partial charge is 0.104 e. The van der Waals surface area contributed by atoms with Crippen molar-refractivity contribution in [3.63, 3.8) is 0 Å². The van der Waals surface area contributed by atoms with Crippen LogP contribution in [0.4, 0.5) is 0 Å². The van der Waals surface area contributed by atoms with Gasteiger partial charge >= 0.3 is 0 Å². The molecular formula is C11H21NO2. The summed E-state index contributed by atoms with van der Waals surface area (Å²) >= 11 is 0. The fraction of sp³-hybridized carbons (Fsp3) is 1.00. The van der Waals surface area contributed by atoms with E-state index in [-0.39, 0.29) is 0 Å². The Labute approximate surface area is 86.2 Å². The van der Waals surface area contributed by atoms with Gasteiger partial charge in [0.25, 0.3) is 0 Å². The first-order chi connectivity index (χ1) is 6.90. The molecule has 2 aliphatic rings. The van der Waals surface area contributed by atoms with Crippen molar-refractivity contribution in [3.8, 4) is 0 Å². The predicted molar refractivity (Wildman–Crippen MR) is 55.4 cm³/mol. The van der Waals surface area contributed by atoms with E-state index in [2.05, 4.69) is 5.32 Å². The summed E-state index contributed by atoms with van der Waals surface area (Å²) < 4.78 is 10.8. The summed E-state index contributed by atoms with van der Waals surface area (Å²) in [6.45, 7) is 2.44. The van der Waals surface area contributed by atoms with Crippen molar-refractivity contribution in [1.29, 1.82) is 0 Å². The van der Waals surface area contributed by atoms with E-state index in [1.165, 1.54) is 25.7 Å². The fourth-order valence-corrected chi connectivity index (χ4v) is 2.36. The van der Waals surface area contributed by atoms with E-state index in [1.54, 1.807) is 0 Å². The third-order valence-electron chi connectivity index (χ3n) is 3.46. The van der Waals surface area contributed by atoms with Gasteiger partial charge in [-0.25, -0.2) is 0 Å². The molecule has 1 saturated carbocycles. The molecule has 3 heteroatoms. The lowest BCUT2D eigenvalue weighted by Gasteiger charge is -2.30. The molecule has 0 radical (unpaired) electrons. The molecule has 0 amide bonds. The highest BCUT2D eigenvalue weighted by atomic mass is 16.6. The number of nitrogens with one attached hydrogen (secondary N) is 1. The molecule has 0 aromatic carbocycles. The van der Waals surface area contributed by atoms with Crippen LogP contribution in [0, 0.1) is 5.92 Å². The maximum atomic E-state index is 5.76. The second-order valence-corrected chi connectivity index (χ2v) is 4.43. The van der Waals surface area contributed by atoms with Gasteiger partial charge in [0.1, 0.15) is 6.10 Å². The molecule has 3 nitrogen and oxygen atoms in total. The molecule has 1 aliphatic heterocycles. The largest absolute Gasteiger partial charge is 0.376 e. The zero-order chi connectivity index (χ0) is 9.80. The zero-order valence-electron chi connectivity index (χ0n) is 9.00. The second-order valence-electron chi connectivity index (χ2n) is 4.43. The van der Waals surface area contributed by atoms with Gasteiger partial charge < -0.3 is 14.8 Å². The molecule has 1 atom stereocenters. The summed E-state index contributed by atoms with van der Waals surface area (Å²) in [4.78, 5) is 0. The number of hydrogen-bond acceptors (Lipinski definition) is 3. The van der Waals surface area contributed by atoms with Crippen molar-refractivity contribution in [2.75, 3.05) is 26.9 Å². The molecule has 1 unspecified atom stereocenters. The van der Waals surface area contributed by atoms with Gasteiger partial charge in [-0.3, -0.25) is 0 Å². The molecule has 0 bridgehead atoms. The van der Waals surface area contributed by atoms with Crippen LogP contribution >= 0.6 is 0 Å². The van der Waals surface area contributed by atoms with Gasteiger partial charge in [0, 0.05) is 6.04 Å². The third kappa shape index (κ3) is 2.47. The highest BCUT2D eigenvalue weighted by Crippen LogP contribution is 2.28. The first-order valence-corrected chi connectivity index (χ1v) is 5.76. The van der Waals surface area contributed by atoms with Gasteiger partial charge in [0.2, 0.25) is 0 Å². The Morgan fingerprint density at radius 1 is 1.36 bits per heavy atom. The number of hydrogen-bond donors (Lipinski definition) is 1. The molecule has 0 aromatic rings. The summed E-state index contributed by atoms with van der Waals surface area (Å²) in [6.07, 6.45) is 5.91. The lowest BCUT2D eigenvalue weighted by atomic mass is 9.99. The minimum absolute atomic E-state index is 0.368. The molecule has 1 heterocycles. The van der Waals surface area contributed by atoms with Crippen molar-refractivity contribution in [2.24, 2.45) is 5.92 Å². The van der Waals surface area contributed by atoms with Crippen LogP contribution < -0.4 is 5.32 Å². The predicted octanol–water partition coefficient (Wildman–Crippen LogP) is 1.18. The minimum atomic E-state index is 0.368. The van der Waals surface area contributed by atoms with E-state index in [0.717, 1.165) is 25.7 Å². The lowest BCUT2D eigenvalue weighted by Crippen LogP contribution is -2.42. The minimum Gasteiger partial charge on any atom is -0.376 e. The number of rotatable bonds is 5. The van der Waals surface area contributed by atoms with Crippen LogP contribution in [0.25, 0.3) is 0 Å². The maximum absolute atomic E-state index is 5.76. The van der Waals surface area contributed by atoms with Crippen LogP contribution in [0.5, 0.6) is 0 Å². The Kier molecular flexibility index (Phi) is 3.79. The fourth-order valence-electron chi connectivity index (χ4n) is 2.36. The monoisotopic (exact) mass is 199 g/mol. The van der Waals surface area contributed by atoms with E-state index in [1.807, 2.05) is 7.05 Å². The summed E-state index contributed by atoms with van der Waals surface area (Å²) in [5.41, 5.74) is 0. The third-order valence-corrected chi connectivity index (χ3v) is 3.46. The van der Waals surface area contributed by atoms with E-state index in [9.17, 15) is 0 Å². The number of ether oxygens (including phenoxy) is 2. The van der Waals surface area contributed by atoms with Gasteiger partial charge in [0.15, 0.2) is 0 Å². The van der Waals surface area contributed by atoms with E-state index >= 15 is 0 Å². The Bertz CT molecular complexity index is 165. The average molecular weight is 199 g/mol. The van der Waals surface area contributed by atoms with Crippen LogP contribution in [-0.2, 0) is 9.47 Å². The normalized spacial score (nSPS) is 26.4. The molecular weight excluding hydrogens is 178 g/mol. The van der Waals surface area contributed by atoms with Crippen LogP contribution in [0.1, 0.15) is 25.7 Å². The molecule has 0 spiro atoms. The molecule has 1 saturated heterocycles. The average Bonchev–Trinajstić information content (AvgIpc) is 2.62. The summed E-state index contributed by atoms with van der Waals surface area (Å²) in [5.74, 6) is 0.834. The van der Waals surface area contributed by atoms with E-state index in [4.69, 9.17) is 9.47 Å². The SMILES string of the molecule is CNC(COC1COC1)C1CCCC1. The molecule has 2 rings (SSSR count). The quantitative estimate of drug-likeness (QED) is 0.721. The first-order valence-electron chi connectivity index (χ1n) is 5.76.